The Labute approximate surface area is 144 Å². The van der Waals surface area contributed by atoms with Crippen molar-refractivity contribution in [3.63, 3.8) is 0 Å². The highest BCUT2D eigenvalue weighted by atomic mass is 16.5. The summed E-state index contributed by atoms with van der Waals surface area (Å²) in [4.78, 5) is 25.0. The molecule has 0 unspecified atom stereocenters. The number of carbonyl (C=O) groups is 1. The van der Waals surface area contributed by atoms with Gasteiger partial charge in [-0.3, -0.25) is 4.79 Å². The number of benzene rings is 2. The van der Waals surface area contributed by atoms with Crippen molar-refractivity contribution in [3.8, 4) is 17.0 Å². The van der Waals surface area contributed by atoms with E-state index in [0.717, 1.165) is 5.56 Å². The maximum atomic E-state index is 12.8. The second kappa shape index (κ2) is 7.09. The van der Waals surface area contributed by atoms with Gasteiger partial charge in [0.15, 0.2) is 5.56 Å². The summed E-state index contributed by atoms with van der Waals surface area (Å²) in [6.45, 7) is 2.33. The third-order valence-electron chi connectivity index (χ3n) is 3.69. The summed E-state index contributed by atoms with van der Waals surface area (Å²) < 4.78 is 11.9. The molecular weight excluding hydrogens is 320 g/mol. The number of nitrogens with zero attached hydrogens (tertiary/aromatic N) is 1. The molecule has 0 saturated heterocycles. The van der Waals surface area contributed by atoms with E-state index < -0.39 is 11.5 Å². The Bertz CT molecular complexity index is 942. The van der Waals surface area contributed by atoms with Crippen molar-refractivity contribution in [1.29, 1.82) is 0 Å². The van der Waals surface area contributed by atoms with Crippen LogP contribution >= 0.6 is 0 Å². The van der Waals surface area contributed by atoms with Gasteiger partial charge in [-0.15, -0.1) is 0 Å². The highest BCUT2D eigenvalue weighted by molar-refractivity contribution is 6.08. The number of anilines is 1. The van der Waals surface area contributed by atoms with Crippen LogP contribution in [0.4, 0.5) is 5.69 Å². The molecule has 3 rings (SSSR count). The van der Waals surface area contributed by atoms with Gasteiger partial charge in [0.25, 0.3) is 5.91 Å². The molecule has 0 radical (unpaired) electrons. The molecule has 0 bridgehead atoms. The number of hydrogen-bond acceptors (Lipinski definition) is 4. The molecule has 1 aromatic heterocycles. The van der Waals surface area contributed by atoms with E-state index in [9.17, 15) is 9.59 Å². The van der Waals surface area contributed by atoms with Crippen LogP contribution < -0.4 is 15.7 Å². The lowest BCUT2D eigenvalue weighted by atomic mass is 10.1. The fourth-order valence-corrected chi connectivity index (χ4v) is 2.63. The van der Waals surface area contributed by atoms with E-state index in [0.29, 0.717) is 23.7 Å². The Morgan fingerprint density at radius 2 is 1.80 bits per heavy atom. The van der Waals surface area contributed by atoms with Crippen LogP contribution in [0.5, 0.6) is 5.75 Å². The van der Waals surface area contributed by atoms with Crippen molar-refractivity contribution in [2.24, 2.45) is 7.05 Å². The first-order valence-corrected chi connectivity index (χ1v) is 7.90. The average Bonchev–Trinajstić information content (AvgIpc) is 2.91. The summed E-state index contributed by atoms with van der Waals surface area (Å²) in [5, 5.41) is 2.74. The van der Waals surface area contributed by atoms with Crippen molar-refractivity contribution in [2.75, 3.05) is 11.9 Å². The topological polar surface area (TPSA) is 73.5 Å². The molecular formula is C19H18N2O4. The molecule has 0 fully saturated rings. The van der Waals surface area contributed by atoms with Crippen LogP contribution in [0.15, 0.2) is 63.9 Å². The molecule has 0 aliphatic heterocycles. The summed E-state index contributed by atoms with van der Waals surface area (Å²) in [6, 6.07) is 16.2. The van der Waals surface area contributed by atoms with Gasteiger partial charge in [-0.25, -0.2) is 9.53 Å². The zero-order valence-electron chi connectivity index (χ0n) is 14.0. The predicted molar refractivity (Wildman–Crippen MR) is 94.9 cm³/mol. The van der Waals surface area contributed by atoms with Gasteiger partial charge in [-0.05, 0) is 19.1 Å². The first-order chi connectivity index (χ1) is 12.1. The largest absolute Gasteiger partial charge is 0.492 e. The van der Waals surface area contributed by atoms with Gasteiger partial charge in [0.2, 0.25) is 0 Å². The maximum absolute atomic E-state index is 12.8. The van der Waals surface area contributed by atoms with Crippen molar-refractivity contribution in [1.82, 2.24) is 4.74 Å². The van der Waals surface area contributed by atoms with Crippen LogP contribution in [0.25, 0.3) is 11.3 Å². The van der Waals surface area contributed by atoms with E-state index in [4.69, 9.17) is 9.26 Å². The summed E-state index contributed by atoms with van der Waals surface area (Å²) in [5.74, 6) is 0.000265. The second-order valence-electron chi connectivity index (χ2n) is 5.35. The Balaban J connectivity index is 2.01. The summed E-state index contributed by atoms with van der Waals surface area (Å²) in [6.07, 6.45) is 0. The van der Waals surface area contributed by atoms with E-state index in [1.807, 2.05) is 43.3 Å². The monoisotopic (exact) mass is 338 g/mol. The zero-order valence-corrected chi connectivity index (χ0v) is 14.0. The minimum Gasteiger partial charge on any atom is -0.492 e. The van der Waals surface area contributed by atoms with E-state index in [-0.39, 0.29) is 5.56 Å². The summed E-state index contributed by atoms with van der Waals surface area (Å²) in [5.41, 5.74) is 0.917. The van der Waals surface area contributed by atoms with Gasteiger partial charge in [0.1, 0.15) is 11.4 Å². The predicted octanol–water partition coefficient (Wildman–Crippen LogP) is 3.30. The number of carbonyl (C=O) groups excluding carboxylic acids is 1. The zero-order chi connectivity index (χ0) is 17.8. The minimum absolute atomic E-state index is 0.0417. The Morgan fingerprint density at radius 1 is 1.12 bits per heavy atom. The molecule has 6 heteroatoms. The van der Waals surface area contributed by atoms with Crippen LogP contribution in [0.3, 0.4) is 0 Å². The Kier molecular flexibility index (Phi) is 4.70. The fourth-order valence-electron chi connectivity index (χ4n) is 2.63. The molecule has 0 atom stereocenters. The van der Waals surface area contributed by atoms with Gasteiger partial charge in [-0.2, -0.15) is 0 Å². The quantitative estimate of drug-likeness (QED) is 0.775. The SMILES string of the molecule is CCOc1ccccc1NC(=O)c1c(-c2ccccc2)n(C)oc1=O. The Morgan fingerprint density at radius 3 is 2.52 bits per heavy atom. The van der Waals surface area contributed by atoms with Crippen LogP contribution in [0.2, 0.25) is 0 Å². The molecule has 25 heavy (non-hydrogen) atoms. The first kappa shape index (κ1) is 16.6. The van der Waals surface area contributed by atoms with Gasteiger partial charge in [-0.1, -0.05) is 42.5 Å². The molecule has 3 aromatic rings. The van der Waals surface area contributed by atoms with Crippen molar-refractivity contribution >= 4 is 11.6 Å². The molecule has 2 aromatic carbocycles. The molecule has 0 saturated carbocycles. The lowest BCUT2D eigenvalue weighted by Gasteiger charge is -2.11. The highest BCUT2D eigenvalue weighted by Gasteiger charge is 2.24. The van der Waals surface area contributed by atoms with Gasteiger partial charge in [0.05, 0.1) is 12.3 Å². The van der Waals surface area contributed by atoms with E-state index >= 15 is 0 Å². The summed E-state index contributed by atoms with van der Waals surface area (Å²) in [7, 11) is 1.59. The van der Waals surface area contributed by atoms with Gasteiger partial charge < -0.3 is 14.6 Å². The van der Waals surface area contributed by atoms with E-state index in [1.165, 1.54) is 4.74 Å². The molecule has 0 aliphatic carbocycles. The second-order valence-corrected chi connectivity index (χ2v) is 5.35. The number of rotatable bonds is 5. The molecule has 1 heterocycles. The number of aryl methyl sites for hydroxylation is 1. The number of aromatic nitrogens is 1. The number of hydrogen-bond donors (Lipinski definition) is 1. The van der Waals surface area contributed by atoms with E-state index in [2.05, 4.69) is 5.32 Å². The number of amides is 1. The Hall–Kier alpha value is -3.28. The van der Waals surface area contributed by atoms with Crippen LogP contribution in [0.1, 0.15) is 17.3 Å². The number of ether oxygens (including phenoxy) is 1. The minimum atomic E-state index is -0.687. The lowest BCUT2D eigenvalue weighted by Crippen LogP contribution is -2.19. The van der Waals surface area contributed by atoms with Gasteiger partial charge in [0, 0.05) is 12.6 Å². The molecule has 6 nitrogen and oxygen atoms in total. The van der Waals surface area contributed by atoms with Gasteiger partial charge >= 0.3 is 5.63 Å². The average molecular weight is 338 g/mol. The first-order valence-electron chi connectivity index (χ1n) is 7.90. The summed E-state index contributed by atoms with van der Waals surface area (Å²) >= 11 is 0. The van der Waals surface area contributed by atoms with Crippen molar-refractivity contribution < 1.29 is 14.1 Å². The number of nitrogens with one attached hydrogen (secondary N) is 1. The molecule has 1 N–H and O–H groups in total. The van der Waals surface area contributed by atoms with E-state index in [1.54, 1.807) is 25.2 Å². The molecule has 128 valence electrons. The molecule has 0 spiro atoms. The fraction of sp³-hybridized carbons (Fsp3) is 0.158. The third kappa shape index (κ3) is 3.33. The third-order valence-corrected chi connectivity index (χ3v) is 3.69. The standard InChI is InChI=1S/C19H18N2O4/c1-3-24-15-12-8-7-11-14(15)20-18(22)16-17(21(2)25-19(16)23)13-9-5-4-6-10-13/h4-12H,3H2,1-2H3,(H,20,22). The van der Waals surface area contributed by atoms with Crippen LogP contribution in [-0.4, -0.2) is 17.3 Å². The van der Waals surface area contributed by atoms with Crippen molar-refractivity contribution in [3.05, 3.63) is 70.6 Å². The van der Waals surface area contributed by atoms with Crippen LogP contribution in [0, 0.1) is 0 Å². The van der Waals surface area contributed by atoms with Crippen molar-refractivity contribution in [2.45, 2.75) is 6.92 Å². The molecule has 0 aliphatic rings. The van der Waals surface area contributed by atoms with Crippen LogP contribution in [-0.2, 0) is 7.05 Å². The lowest BCUT2D eigenvalue weighted by molar-refractivity contribution is 0.102. The smallest absolute Gasteiger partial charge is 0.370 e. The normalized spacial score (nSPS) is 10.5. The maximum Gasteiger partial charge on any atom is 0.370 e. The number of para-hydroxylation sites is 2. The molecule has 1 amide bonds. The highest BCUT2D eigenvalue weighted by Crippen LogP contribution is 2.26.